The van der Waals surface area contributed by atoms with Crippen molar-refractivity contribution in [3.05, 3.63) is 34.9 Å². The quantitative estimate of drug-likeness (QED) is 0.906. The lowest BCUT2D eigenvalue weighted by Crippen LogP contribution is -2.19. The van der Waals surface area contributed by atoms with Crippen LogP contribution >= 0.6 is 12.4 Å². The molecule has 0 aliphatic carbocycles. The molecule has 1 rings (SSSR count). The second kappa shape index (κ2) is 6.09. The Labute approximate surface area is 110 Å². The molecule has 6 heteroatoms. The number of hydrogen-bond donors (Lipinski definition) is 1. The molecule has 1 aromatic carbocycles. The molecule has 0 unspecified atom stereocenters. The molecule has 0 radical (unpaired) electrons. The van der Waals surface area contributed by atoms with Gasteiger partial charge in [-0.15, -0.1) is 12.4 Å². The number of primary amides is 1. The number of nitrogens with two attached hydrogens (primary N) is 1. The van der Waals surface area contributed by atoms with Crippen molar-refractivity contribution in [2.45, 2.75) is 26.4 Å². The second-order valence-electron chi connectivity index (χ2n) is 4.29. The molecule has 0 spiro atoms. The molecule has 18 heavy (non-hydrogen) atoms. The molecule has 0 bridgehead atoms. The second-order valence-corrected chi connectivity index (χ2v) is 4.29. The van der Waals surface area contributed by atoms with E-state index in [0.717, 1.165) is 6.07 Å². The maximum atomic E-state index is 12.8. The van der Waals surface area contributed by atoms with Crippen molar-refractivity contribution in [2.24, 2.45) is 11.7 Å². The molecule has 0 aliphatic rings. The van der Waals surface area contributed by atoms with Gasteiger partial charge in [0.05, 0.1) is 5.56 Å². The molecule has 1 amide bonds. The largest absolute Gasteiger partial charge is 0.416 e. The Bertz CT molecular complexity index is 430. The molecule has 0 saturated carbocycles. The molecular formula is C12H15ClF3NO. The molecule has 0 fully saturated rings. The van der Waals surface area contributed by atoms with Crippen LogP contribution in [0.5, 0.6) is 0 Å². The van der Waals surface area contributed by atoms with Crippen molar-refractivity contribution in [2.75, 3.05) is 0 Å². The fourth-order valence-corrected chi connectivity index (χ4v) is 1.71. The van der Waals surface area contributed by atoms with Crippen molar-refractivity contribution in [1.82, 2.24) is 0 Å². The Hall–Kier alpha value is -1.23. The predicted molar refractivity (Wildman–Crippen MR) is 65.8 cm³/mol. The first-order chi connectivity index (χ1) is 7.73. The minimum atomic E-state index is -4.46. The van der Waals surface area contributed by atoms with Gasteiger partial charge in [0, 0.05) is 5.56 Å². The molecule has 0 heterocycles. The van der Waals surface area contributed by atoms with E-state index in [4.69, 9.17) is 5.73 Å². The lowest BCUT2D eigenvalue weighted by molar-refractivity contribution is -0.138. The van der Waals surface area contributed by atoms with Crippen LogP contribution in [0.1, 0.15) is 35.3 Å². The van der Waals surface area contributed by atoms with E-state index in [0.29, 0.717) is 0 Å². The van der Waals surface area contributed by atoms with E-state index in [-0.39, 0.29) is 35.9 Å². The Morgan fingerprint density at radius 3 is 2.28 bits per heavy atom. The van der Waals surface area contributed by atoms with E-state index in [2.05, 4.69) is 0 Å². The highest BCUT2D eigenvalue weighted by molar-refractivity contribution is 5.94. The number of carbonyl (C=O) groups excluding carboxylic acids is 1. The highest BCUT2D eigenvalue weighted by atomic mass is 35.5. The number of halogens is 4. The zero-order chi connectivity index (χ0) is 13.2. The zero-order valence-electron chi connectivity index (χ0n) is 10.0. The zero-order valence-corrected chi connectivity index (χ0v) is 10.9. The first-order valence-electron chi connectivity index (χ1n) is 5.22. The summed E-state index contributed by atoms with van der Waals surface area (Å²) in [5, 5.41) is 0. The number of hydrogen-bond acceptors (Lipinski definition) is 1. The maximum absolute atomic E-state index is 12.8. The summed E-state index contributed by atoms with van der Waals surface area (Å²) in [5.74, 6) is -0.816. The van der Waals surface area contributed by atoms with Gasteiger partial charge in [0.1, 0.15) is 0 Å². The first-order valence-corrected chi connectivity index (χ1v) is 5.22. The van der Waals surface area contributed by atoms with Gasteiger partial charge in [-0.2, -0.15) is 13.2 Å². The van der Waals surface area contributed by atoms with E-state index in [1.54, 1.807) is 13.8 Å². The minimum absolute atomic E-state index is 0. The van der Waals surface area contributed by atoms with Gasteiger partial charge in [0.25, 0.3) is 0 Å². The summed E-state index contributed by atoms with van der Waals surface area (Å²) in [4.78, 5) is 11.1. The molecule has 0 atom stereocenters. The van der Waals surface area contributed by atoms with Crippen LogP contribution in [0.4, 0.5) is 13.2 Å². The third-order valence-electron chi connectivity index (χ3n) is 2.36. The summed E-state index contributed by atoms with van der Waals surface area (Å²) in [6, 6.07) is 3.51. The van der Waals surface area contributed by atoms with Crippen LogP contribution in [0.15, 0.2) is 18.2 Å². The Morgan fingerprint density at radius 1 is 1.33 bits per heavy atom. The van der Waals surface area contributed by atoms with Crippen LogP contribution in [-0.4, -0.2) is 5.91 Å². The Balaban J connectivity index is 0.00000289. The summed E-state index contributed by atoms with van der Waals surface area (Å²) in [6.45, 7) is 3.58. The van der Waals surface area contributed by atoms with Crippen molar-refractivity contribution in [1.29, 1.82) is 0 Å². The van der Waals surface area contributed by atoms with Crippen LogP contribution in [0.2, 0.25) is 0 Å². The third-order valence-corrected chi connectivity index (χ3v) is 2.36. The summed E-state index contributed by atoms with van der Waals surface area (Å²) in [6.07, 6.45) is -4.29. The van der Waals surface area contributed by atoms with Crippen molar-refractivity contribution in [3.63, 3.8) is 0 Å². The average molecular weight is 282 g/mol. The fourth-order valence-electron chi connectivity index (χ4n) is 1.71. The van der Waals surface area contributed by atoms with E-state index in [1.807, 2.05) is 0 Å². The van der Waals surface area contributed by atoms with Gasteiger partial charge in [0.2, 0.25) is 5.91 Å². The number of rotatable bonds is 3. The van der Waals surface area contributed by atoms with Crippen LogP contribution in [0, 0.1) is 5.92 Å². The third kappa shape index (κ3) is 3.91. The predicted octanol–water partition coefficient (Wildman–Crippen LogP) is 3.42. The monoisotopic (exact) mass is 281 g/mol. The number of alkyl halides is 3. The molecule has 1 aromatic rings. The van der Waals surface area contributed by atoms with Gasteiger partial charge in [0.15, 0.2) is 0 Å². The summed E-state index contributed by atoms with van der Waals surface area (Å²) >= 11 is 0. The van der Waals surface area contributed by atoms with Crippen LogP contribution < -0.4 is 5.73 Å². The lowest BCUT2D eigenvalue weighted by atomic mass is 9.92. The molecule has 2 N–H and O–H groups in total. The molecule has 102 valence electrons. The smallest absolute Gasteiger partial charge is 0.366 e. The van der Waals surface area contributed by atoms with Crippen LogP contribution in [0.3, 0.4) is 0 Å². The van der Waals surface area contributed by atoms with E-state index in [1.165, 1.54) is 12.1 Å². The van der Waals surface area contributed by atoms with Crippen molar-refractivity contribution in [3.8, 4) is 0 Å². The molecule has 0 saturated heterocycles. The molecule has 0 aromatic heterocycles. The molecule has 0 aliphatic heterocycles. The number of carbonyl (C=O) groups is 1. The number of amides is 1. The van der Waals surface area contributed by atoms with Gasteiger partial charge >= 0.3 is 6.18 Å². The SMILES string of the molecule is CC(C)Cc1c(C(N)=O)cccc1C(F)(F)F.Cl. The van der Waals surface area contributed by atoms with Gasteiger partial charge in [-0.25, -0.2) is 0 Å². The lowest BCUT2D eigenvalue weighted by Gasteiger charge is -2.16. The van der Waals surface area contributed by atoms with Gasteiger partial charge in [-0.1, -0.05) is 19.9 Å². The van der Waals surface area contributed by atoms with Gasteiger partial charge in [-0.3, -0.25) is 4.79 Å². The summed E-state index contributed by atoms with van der Waals surface area (Å²) < 4.78 is 38.4. The van der Waals surface area contributed by atoms with Crippen LogP contribution in [-0.2, 0) is 12.6 Å². The Kier molecular flexibility index (Phi) is 5.67. The van der Waals surface area contributed by atoms with Gasteiger partial charge in [-0.05, 0) is 30.0 Å². The number of benzene rings is 1. The minimum Gasteiger partial charge on any atom is -0.366 e. The summed E-state index contributed by atoms with van der Waals surface area (Å²) in [5.41, 5.74) is 4.26. The first kappa shape index (κ1) is 16.8. The highest BCUT2D eigenvalue weighted by Crippen LogP contribution is 2.34. The normalized spacial score (nSPS) is 11.2. The fraction of sp³-hybridized carbons (Fsp3) is 0.417. The van der Waals surface area contributed by atoms with Crippen LogP contribution in [0.25, 0.3) is 0 Å². The maximum Gasteiger partial charge on any atom is 0.416 e. The van der Waals surface area contributed by atoms with Crippen molar-refractivity contribution < 1.29 is 18.0 Å². The van der Waals surface area contributed by atoms with E-state index in [9.17, 15) is 18.0 Å². The summed E-state index contributed by atoms with van der Waals surface area (Å²) in [7, 11) is 0. The molecule has 2 nitrogen and oxygen atoms in total. The van der Waals surface area contributed by atoms with Crippen molar-refractivity contribution >= 4 is 18.3 Å². The van der Waals surface area contributed by atoms with Gasteiger partial charge < -0.3 is 5.73 Å². The topological polar surface area (TPSA) is 43.1 Å². The van der Waals surface area contributed by atoms with E-state index >= 15 is 0 Å². The molecular weight excluding hydrogens is 267 g/mol. The Morgan fingerprint density at radius 2 is 1.89 bits per heavy atom. The van der Waals surface area contributed by atoms with E-state index < -0.39 is 17.6 Å². The average Bonchev–Trinajstić information content (AvgIpc) is 2.14. The standard InChI is InChI=1S/C12H14F3NO.ClH/c1-7(2)6-9-8(11(16)17)4-3-5-10(9)12(13,14)15;/h3-5,7H,6H2,1-2H3,(H2,16,17);1H. The highest BCUT2D eigenvalue weighted by Gasteiger charge is 2.34.